The fourth-order valence-electron chi connectivity index (χ4n) is 5.03. The van der Waals surface area contributed by atoms with E-state index in [9.17, 15) is 18.0 Å². The Kier molecular flexibility index (Phi) is 5.97. The highest BCUT2D eigenvalue weighted by molar-refractivity contribution is 7.92. The number of piperidine rings is 1. The molecule has 0 spiro atoms. The molecule has 0 aromatic heterocycles. The molecule has 2 N–H and O–H groups in total. The van der Waals surface area contributed by atoms with Crippen molar-refractivity contribution in [3.05, 3.63) is 29.3 Å². The van der Waals surface area contributed by atoms with E-state index in [1.807, 2.05) is 11.0 Å². The molecule has 170 valence electrons. The Balaban J connectivity index is 1.40. The minimum absolute atomic E-state index is 0.0162. The molecule has 1 aromatic carbocycles. The number of rotatable bonds is 4. The fraction of sp³-hybridized carbons (Fsp3) is 0.619. The number of anilines is 1. The maximum Gasteiger partial charge on any atom is 0.253 e. The number of nitrogens with one attached hydrogen (secondary N) is 2. The van der Waals surface area contributed by atoms with Crippen LogP contribution in [0.3, 0.4) is 0 Å². The molecule has 0 bridgehead atoms. The number of carbonyl (C=O) groups is 2. The topological polar surface area (TPSA) is 102 Å². The van der Waals surface area contributed by atoms with Crippen molar-refractivity contribution in [2.45, 2.75) is 25.3 Å². The minimum Gasteiger partial charge on any atom is -0.348 e. The molecule has 2 unspecified atom stereocenters. The molecular formula is C21H31N5O4S. The predicted octanol–water partition coefficient (Wildman–Crippen LogP) is 0.0417. The summed E-state index contributed by atoms with van der Waals surface area (Å²) < 4.78 is 25.2. The summed E-state index contributed by atoms with van der Waals surface area (Å²) in [5.41, 5.74) is 8.59. The number of carbonyl (C=O) groups excluding carboxylic acids is 2. The van der Waals surface area contributed by atoms with Gasteiger partial charge in [-0.15, -0.1) is 0 Å². The van der Waals surface area contributed by atoms with Crippen LogP contribution in [0.25, 0.3) is 0 Å². The third kappa shape index (κ3) is 4.28. The van der Waals surface area contributed by atoms with Gasteiger partial charge in [-0.3, -0.25) is 24.7 Å². The van der Waals surface area contributed by atoms with Gasteiger partial charge >= 0.3 is 0 Å². The smallest absolute Gasteiger partial charge is 0.253 e. The van der Waals surface area contributed by atoms with Gasteiger partial charge in [0.1, 0.15) is 0 Å². The lowest BCUT2D eigenvalue weighted by atomic mass is 9.82. The Hall–Kier alpha value is -2.17. The van der Waals surface area contributed by atoms with E-state index >= 15 is 0 Å². The summed E-state index contributed by atoms with van der Waals surface area (Å²) in [5, 5.41) is 0. The van der Waals surface area contributed by atoms with Crippen LogP contribution < -0.4 is 15.2 Å². The zero-order valence-electron chi connectivity index (χ0n) is 18.3. The summed E-state index contributed by atoms with van der Waals surface area (Å²) in [6.45, 7) is 2.35. The lowest BCUT2D eigenvalue weighted by Gasteiger charge is -2.36. The second-order valence-corrected chi connectivity index (χ2v) is 10.9. The zero-order valence-corrected chi connectivity index (χ0v) is 19.1. The van der Waals surface area contributed by atoms with Crippen molar-refractivity contribution in [2.75, 3.05) is 50.8 Å². The first-order chi connectivity index (χ1) is 14.7. The van der Waals surface area contributed by atoms with Gasteiger partial charge in [-0.2, -0.15) is 0 Å². The molecule has 2 atom stereocenters. The molecule has 3 aliphatic rings. The molecule has 0 aliphatic carbocycles. The average molecular weight is 450 g/mol. The first-order valence-electron chi connectivity index (χ1n) is 10.8. The molecule has 1 aromatic rings. The summed E-state index contributed by atoms with van der Waals surface area (Å²) in [5.74, 6) is 0.354. The van der Waals surface area contributed by atoms with Crippen molar-refractivity contribution in [1.29, 1.82) is 0 Å². The van der Waals surface area contributed by atoms with Gasteiger partial charge in [0.05, 0.1) is 17.9 Å². The molecule has 0 radical (unpaired) electrons. The van der Waals surface area contributed by atoms with Crippen LogP contribution in [0.2, 0.25) is 0 Å². The average Bonchev–Trinajstić information content (AvgIpc) is 3.39. The van der Waals surface area contributed by atoms with Crippen molar-refractivity contribution >= 4 is 27.5 Å². The molecule has 4 rings (SSSR count). The molecule has 2 amide bonds. The summed E-state index contributed by atoms with van der Waals surface area (Å²) in [4.78, 5) is 29.1. The number of nitrogens with zero attached hydrogens (tertiary/aromatic N) is 3. The van der Waals surface area contributed by atoms with Gasteiger partial charge in [-0.25, -0.2) is 8.42 Å². The van der Waals surface area contributed by atoms with Crippen molar-refractivity contribution in [2.24, 2.45) is 11.8 Å². The highest BCUT2D eigenvalue weighted by atomic mass is 32.2. The van der Waals surface area contributed by atoms with E-state index in [-0.39, 0.29) is 23.8 Å². The fourth-order valence-corrected chi connectivity index (χ4v) is 5.98. The lowest BCUT2D eigenvalue weighted by Crippen LogP contribution is -2.48. The summed E-state index contributed by atoms with van der Waals surface area (Å²) in [7, 11) is 0.265. The Morgan fingerprint density at radius 2 is 1.84 bits per heavy atom. The first kappa shape index (κ1) is 22.0. The number of benzene rings is 1. The van der Waals surface area contributed by atoms with Crippen LogP contribution >= 0.6 is 0 Å². The van der Waals surface area contributed by atoms with Gasteiger partial charge < -0.3 is 9.80 Å². The lowest BCUT2D eigenvalue weighted by molar-refractivity contribution is -0.133. The van der Waals surface area contributed by atoms with Gasteiger partial charge in [0.15, 0.2) is 0 Å². The van der Waals surface area contributed by atoms with Gasteiger partial charge in [0.2, 0.25) is 15.9 Å². The molecule has 10 heteroatoms. The van der Waals surface area contributed by atoms with Crippen LogP contribution in [0, 0.1) is 11.8 Å². The number of hydrogen-bond donors (Lipinski definition) is 2. The molecule has 2 saturated heterocycles. The van der Waals surface area contributed by atoms with E-state index in [2.05, 4.69) is 10.9 Å². The molecule has 3 aliphatic heterocycles. The van der Waals surface area contributed by atoms with E-state index in [4.69, 9.17) is 0 Å². The summed E-state index contributed by atoms with van der Waals surface area (Å²) >= 11 is 0. The second kappa shape index (κ2) is 8.40. The number of hydrogen-bond acceptors (Lipinski definition) is 6. The van der Waals surface area contributed by atoms with Crippen molar-refractivity contribution in [3.63, 3.8) is 0 Å². The van der Waals surface area contributed by atoms with Gasteiger partial charge in [0, 0.05) is 51.9 Å². The van der Waals surface area contributed by atoms with E-state index in [1.54, 1.807) is 31.1 Å². The van der Waals surface area contributed by atoms with Crippen molar-refractivity contribution in [1.82, 2.24) is 20.7 Å². The van der Waals surface area contributed by atoms with Crippen LogP contribution in [0.4, 0.5) is 5.69 Å². The quantitative estimate of drug-likeness (QED) is 0.673. The van der Waals surface area contributed by atoms with Crippen LogP contribution in [-0.4, -0.2) is 82.6 Å². The predicted molar refractivity (Wildman–Crippen MR) is 118 cm³/mol. The summed E-state index contributed by atoms with van der Waals surface area (Å²) in [6.07, 6.45) is 3.51. The maximum absolute atomic E-state index is 13.1. The molecule has 0 saturated carbocycles. The highest BCUT2D eigenvalue weighted by Gasteiger charge is 2.40. The Labute approximate surface area is 183 Å². The Morgan fingerprint density at radius 1 is 1.13 bits per heavy atom. The highest BCUT2D eigenvalue weighted by Crippen LogP contribution is 2.32. The van der Waals surface area contributed by atoms with Crippen molar-refractivity contribution in [3.8, 4) is 0 Å². The standard InChI is InChI=1S/C21H31N5O4S/c1-24(2)21(28)17-13-22-23-19(17)14-6-9-25(10-7-14)20(27)16-4-5-18-15(12-16)8-11-26(18)31(3,29)30/h4-5,12,14,17,19,22-23H,6-11,13H2,1-3H3. The SMILES string of the molecule is CN(C)C(=O)C1CNNC1C1CCN(C(=O)c2ccc3c(c2)CCN3S(C)(=O)=O)CC1. The Bertz CT molecular complexity index is 972. The maximum atomic E-state index is 13.1. The molecule has 3 heterocycles. The van der Waals surface area contributed by atoms with Gasteiger partial charge in [-0.05, 0) is 48.9 Å². The second-order valence-electron chi connectivity index (χ2n) is 8.95. The number of likely N-dealkylation sites (tertiary alicyclic amines) is 1. The number of fused-ring (bicyclic) bond motifs is 1. The van der Waals surface area contributed by atoms with Crippen LogP contribution in [-0.2, 0) is 21.2 Å². The molecule has 2 fully saturated rings. The number of amides is 2. The van der Waals surface area contributed by atoms with Crippen LogP contribution in [0.1, 0.15) is 28.8 Å². The largest absolute Gasteiger partial charge is 0.348 e. The van der Waals surface area contributed by atoms with Crippen LogP contribution in [0.5, 0.6) is 0 Å². The molecule has 31 heavy (non-hydrogen) atoms. The van der Waals surface area contributed by atoms with E-state index in [0.717, 1.165) is 18.4 Å². The number of sulfonamides is 1. The third-order valence-corrected chi connectivity index (χ3v) is 7.88. The zero-order chi connectivity index (χ0) is 22.3. The van der Waals surface area contributed by atoms with Crippen LogP contribution in [0.15, 0.2) is 18.2 Å². The van der Waals surface area contributed by atoms with E-state index in [1.165, 1.54) is 10.6 Å². The normalized spacial score (nSPS) is 24.4. The van der Waals surface area contributed by atoms with Gasteiger partial charge in [-0.1, -0.05) is 0 Å². The monoisotopic (exact) mass is 449 g/mol. The summed E-state index contributed by atoms with van der Waals surface area (Å²) in [6, 6.07) is 5.39. The first-order valence-corrected chi connectivity index (χ1v) is 12.6. The molecular weight excluding hydrogens is 418 g/mol. The van der Waals surface area contributed by atoms with Crippen molar-refractivity contribution < 1.29 is 18.0 Å². The third-order valence-electron chi connectivity index (χ3n) is 6.70. The minimum atomic E-state index is -3.30. The molecule has 9 nitrogen and oxygen atoms in total. The van der Waals surface area contributed by atoms with E-state index < -0.39 is 10.0 Å². The van der Waals surface area contributed by atoms with Gasteiger partial charge in [0.25, 0.3) is 5.91 Å². The van der Waals surface area contributed by atoms with E-state index in [0.29, 0.717) is 49.8 Å². The Morgan fingerprint density at radius 3 is 2.48 bits per heavy atom. The number of hydrazine groups is 1.